The van der Waals surface area contributed by atoms with Gasteiger partial charge in [-0.2, -0.15) is 0 Å². The first-order valence-corrected chi connectivity index (χ1v) is 8.51. The van der Waals surface area contributed by atoms with E-state index in [0.717, 1.165) is 16.5 Å². The minimum atomic E-state index is -3.00. The maximum absolute atomic E-state index is 12.4. The van der Waals surface area contributed by atoms with E-state index in [-0.39, 0.29) is 0 Å². The van der Waals surface area contributed by atoms with Gasteiger partial charge in [-0.05, 0) is 25.0 Å². The Morgan fingerprint density at radius 2 is 1.65 bits per heavy atom. The number of hydrogen-bond acceptors (Lipinski definition) is 3. The molecule has 0 N–H and O–H groups in total. The molecule has 0 heterocycles. The van der Waals surface area contributed by atoms with Crippen molar-refractivity contribution in [1.82, 2.24) is 0 Å². The van der Waals surface area contributed by atoms with Crippen LogP contribution in [-0.2, 0) is 25.1 Å². The van der Waals surface area contributed by atoms with Crippen molar-refractivity contribution in [2.45, 2.75) is 25.3 Å². The summed E-state index contributed by atoms with van der Waals surface area (Å²) < 4.78 is 23.0. The smallest absolute Gasteiger partial charge is 0.309 e. The van der Waals surface area contributed by atoms with Crippen molar-refractivity contribution in [3.63, 3.8) is 0 Å². The molecule has 0 aromatic heterocycles. The van der Waals surface area contributed by atoms with Crippen LogP contribution in [-0.4, -0.2) is 13.2 Å². The molecular formula is C12H18BrO3P. The van der Waals surface area contributed by atoms with Gasteiger partial charge in [0.15, 0.2) is 0 Å². The molecule has 0 amide bonds. The topological polar surface area (TPSA) is 35.5 Å². The molecule has 0 unspecified atom stereocenters. The van der Waals surface area contributed by atoms with Crippen molar-refractivity contribution in [2.24, 2.45) is 0 Å². The van der Waals surface area contributed by atoms with E-state index < -0.39 is 7.60 Å². The minimum absolute atomic E-state index is 0.330. The van der Waals surface area contributed by atoms with Crippen LogP contribution in [0.3, 0.4) is 0 Å². The number of alkyl halides is 1. The Kier molecular flexibility index (Phi) is 6.42. The normalized spacial score (nSPS) is 11.7. The number of benzene rings is 1. The fourth-order valence-electron chi connectivity index (χ4n) is 1.57. The SMILES string of the molecule is CCOP(=O)(Cc1ccccc1CBr)OCC. The molecule has 0 fully saturated rings. The molecule has 0 saturated carbocycles. The summed E-state index contributed by atoms with van der Waals surface area (Å²) in [5, 5.41) is 0.738. The molecule has 1 aromatic carbocycles. The van der Waals surface area contributed by atoms with Gasteiger partial charge in [-0.25, -0.2) is 0 Å². The summed E-state index contributed by atoms with van der Waals surface area (Å²) in [7, 11) is -3.00. The van der Waals surface area contributed by atoms with Gasteiger partial charge in [-0.3, -0.25) is 4.57 Å². The van der Waals surface area contributed by atoms with E-state index in [1.54, 1.807) is 0 Å². The van der Waals surface area contributed by atoms with Crippen LogP contribution in [0.25, 0.3) is 0 Å². The van der Waals surface area contributed by atoms with Crippen molar-refractivity contribution in [2.75, 3.05) is 13.2 Å². The molecule has 5 heteroatoms. The van der Waals surface area contributed by atoms with E-state index in [9.17, 15) is 4.57 Å². The molecule has 0 bridgehead atoms. The van der Waals surface area contributed by atoms with Crippen molar-refractivity contribution in [3.05, 3.63) is 35.4 Å². The molecule has 0 aliphatic rings. The third kappa shape index (κ3) is 4.55. The summed E-state index contributed by atoms with van der Waals surface area (Å²) in [6.45, 7) is 4.44. The highest BCUT2D eigenvalue weighted by Crippen LogP contribution is 2.51. The van der Waals surface area contributed by atoms with Crippen molar-refractivity contribution < 1.29 is 13.6 Å². The van der Waals surface area contributed by atoms with Crippen LogP contribution >= 0.6 is 23.5 Å². The van der Waals surface area contributed by atoms with E-state index in [4.69, 9.17) is 9.05 Å². The average molecular weight is 321 g/mol. The van der Waals surface area contributed by atoms with Gasteiger partial charge in [-0.1, -0.05) is 40.2 Å². The quantitative estimate of drug-likeness (QED) is 0.553. The lowest BCUT2D eigenvalue weighted by Crippen LogP contribution is -2.00. The van der Waals surface area contributed by atoms with Crippen LogP contribution in [0.4, 0.5) is 0 Å². The minimum Gasteiger partial charge on any atom is -0.309 e. The monoisotopic (exact) mass is 320 g/mol. The Morgan fingerprint density at radius 1 is 1.12 bits per heavy atom. The number of halogens is 1. The van der Waals surface area contributed by atoms with Crippen LogP contribution < -0.4 is 0 Å². The molecule has 0 atom stereocenters. The van der Waals surface area contributed by atoms with Gasteiger partial charge < -0.3 is 9.05 Å². The summed E-state index contributed by atoms with van der Waals surface area (Å²) in [4.78, 5) is 0. The van der Waals surface area contributed by atoms with E-state index in [2.05, 4.69) is 15.9 Å². The summed E-state index contributed by atoms with van der Waals surface area (Å²) in [6, 6.07) is 7.86. The second-order valence-electron chi connectivity index (χ2n) is 3.51. The van der Waals surface area contributed by atoms with Crippen molar-refractivity contribution >= 4 is 23.5 Å². The van der Waals surface area contributed by atoms with Gasteiger partial charge in [0.2, 0.25) is 0 Å². The van der Waals surface area contributed by atoms with E-state index in [1.165, 1.54) is 0 Å². The second-order valence-corrected chi connectivity index (χ2v) is 6.12. The third-order valence-corrected chi connectivity index (χ3v) is 4.91. The molecule has 1 rings (SSSR count). The Hall–Kier alpha value is -0.150. The molecular weight excluding hydrogens is 303 g/mol. The van der Waals surface area contributed by atoms with Crippen LogP contribution in [0.5, 0.6) is 0 Å². The third-order valence-electron chi connectivity index (χ3n) is 2.28. The van der Waals surface area contributed by atoms with Gasteiger partial charge in [0.1, 0.15) is 0 Å². The van der Waals surface area contributed by atoms with Gasteiger partial charge in [0, 0.05) is 5.33 Å². The molecule has 96 valence electrons. The zero-order chi connectivity index (χ0) is 12.7. The van der Waals surface area contributed by atoms with Gasteiger partial charge in [0.05, 0.1) is 19.4 Å². The van der Waals surface area contributed by atoms with Crippen molar-refractivity contribution in [3.8, 4) is 0 Å². The van der Waals surface area contributed by atoms with Crippen LogP contribution in [0.2, 0.25) is 0 Å². The molecule has 17 heavy (non-hydrogen) atoms. The van der Waals surface area contributed by atoms with E-state index in [0.29, 0.717) is 19.4 Å². The molecule has 0 aliphatic heterocycles. The van der Waals surface area contributed by atoms with Crippen LogP contribution in [0.15, 0.2) is 24.3 Å². The first-order chi connectivity index (χ1) is 8.15. The lowest BCUT2D eigenvalue weighted by Gasteiger charge is -2.18. The standard InChI is InChI=1S/C12H18BrO3P/c1-3-15-17(14,16-4-2)10-12-8-6-5-7-11(12)9-13/h5-8H,3-4,9-10H2,1-2H3. The Bertz CT molecular complexity index is 385. The van der Waals surface area contributed by atoms with Gasteiger partial charge in [-0.15, -0.1) is 0 Å². The molecule has 0 aliphatic carbocycles. The summed E-state index contributed by atoms with van der Waals surface area (Å²) in [5.41, 5.74) is 2.13. The van der Waals surface area contributed by atoms with Crippen LogP contribution in [0, 0.1) is 0 Å². The molecule has 0 saturated heterocycles. The zero-order valence-electron chi connectivity index (χ0n) is 10.2. The van der Waals surface area contributed by atoms with E-state index >= 15 is 0 Å². The predicted molar refractivity (Wildman–Crippen MR) is 73.6 cm³/mol. The largest absolute Gasteiger partial charge is 0.335 e. The second kappa shape index (κ2) is 7.32. The summed E-state index contributed by atoms with van der Waals surface area (Å²) in [5.74, 6) is 0. The Balaban J connectivity index is 2.89. The maximum atomic E-state index is 12.4. The first kappa shape index (κ1) is 14.9. The van der Waals surface area contributed by atoms with Crippen molar-refractivity contribution in [1.29, 1.82) is 0 Å². The average Bonchev–Trinajstić information content (AvgIpc) is 2.30. The highest BCUT2D eigenvalue weighted by Gasteiger charge is 2.24. The Morgan fingerprint density at radius 3 is 2.12 bits per heavy atom. The number of hydrogen-bond donors (Lipinski definition) is 0. The van der Waals surface area contributed by atoms with Crippen LogP contribution in [0.1, 0.15) is 25.0 Å². The fraction of sp³-hybridized carbons (Fsp3) is 0.500. The summed E-state index contributed by atoms with van der Waals surface area (Å²) in [6.07, 6.45) is 0.330. The first-order valence-electron chi connectivity index (χ1n) is 5.66. The Labute approximate surface area is 111 Å². The van der Waals surface area contributed by atoms with Gasteiger partial charge >= 0.3 is 7.60 Å². The van der Waals surface area contributed by atoms with E-state index in [1.807, 2.05) is 38.1 Å². The molecule has 0 radical (unpaired) electrons. The highest BCUT2D eigenvalue weighted by atomic mass is 79.9. The molecule has 0 spiro atoms. The zero-order valence-corrected chi connectivity index (χ0v) is 12.7. The maximum Gasteiger partial charge on any atom is 0.335 e. The molecule has 3 nitrogen and oxygen atoms in total. The lowest BCUT2D eigenvalue weighted by molar-refractivity contribution is 0.219. The lowest BCUT2D eigenvalue weighted by atomic mass is 10.1. The van der Waals surface area contributed by atoms with Gasteiger partial charge in [0.25, 0.3) is 0 Å². The number of rotatable bonds is 7. The highest BCUT2D eigenvalue weighted by molar-refractivity contribution is 9.08. The molecule has 1 aromatic rings. The predicted octanol–water partition coefficient (Wildman–Crippen LogP) is 4.35. The summed E-state index contributed by atoms with van der Waals surface area (Å²) >= 11 is 3.42. The fourth-order valence-corrected chi connectivity index (χ4v) is 3.89.